The molecule has 2 N–H and O–H groups in total. The summed E-state index contributed by atoms with van der Waals surface area (Å²) in [6.45, 7) is 1.59. The summed E-state index contributed by atoms with van der Waals surface area (Å²) in [6.07, 6.45) is 2.17. The number of halogens is 1. The van der Waals surface area contributed by atoms with E-state index in [0.717, 1.165) is 39.3 Å². The van der Waals surface area contributed by atoms with Crippen LogP contribution in [0.25, 0.3) is 0 Å². The van der Waals surface area contributed by atoms with Gasteiger partial charge >= 0.3 is 0 Å². The molecule has 3 nitrogen and oxygen atoms in total. The van der Waals surface area contributed by atoms with Crippen molar-refractivity contribution in [2.24, 2.45) is 0 Å². The first kappa shape index (κ1) is 13.6. The molecule has 0 spiro atoms. The zero-order chi connectivity index (χ0) is 13.9. The molecule has 0 unspecified atom stereocenters. The molecule has 104 valence electrons. The summed E-state index contributed by atoms with van der Waals surface area (Å²) in [7, 11) is 0. The van der Waals surface area contributed by atoms with Crippen LogP contribution < -0.4 is 10.6 Å². The Morgan fingerprint density at radius 1 is 1.35 bits per heavy atom. The number of thiophene rings is 1. The molecular weight excluding hydrogens is 336 g/mol. The smallest absolute Gasteiger partial charge is 0.251 e. The van der Waals surface area contributed by atoms with Gasteiger partial charge in [0.15, 0.2) is 0 Å². The Morgan fingerprint density at radius 2 is 2.25 bits per heavy atom. The summed E-state index contributed by atoms with van der Waals surface area (Å²) in [6, 6.07) is 9.91. The second-order valence-corrected chi connectivity index (χ2v) is 7.34. The molecule has 1 aromatic carbocycles. The molecular formula is C15H15BrN2OS. The minimum atomic E-state index is -0.0112. The number of carbonyl (C=O) groups is 1. The molecule has 0 saturated heterocycles. The van der Waals surface area contributed by atoms with Crippen LogP contribution in [-0.4, -0.2) is 12.5 Å². The average Bonchev–Trinajstić information content (AvgIpc) is 2.90. The number of carbonyl (C=O) groups excluding carboxylic acids is 1. The predicted molar refractivity (Wildman–Crippen MR) is 86.4 cm³/mol. The SMILES string of the molecule is O=C(NCc1ccc(Br)s1)c1ccc2c(c1)CCCN2. The van der Waals surface area contributed by atoms with E-state index >= 15 is 0 Å². The number of nitrogens with one attached hydrogen (secondary N) is 2. The van der Waals surface area contributed by atoms with Crippen molar-refractivity contribution in [2.75, 3.05) is 11.9 Å². The van der Waals surface area contributed by atoms with E-state index in [1.807, 2.05) is 30.3 Å². The van der Waals surface area contributed by atoms with Gasteiger partial charge in [-0.05, 0) is 64.7 Å². The number of hydrogen-bond acceptors (Lipinski definition) is 3. The molecule has 2 heterocycles. The van der Waals surface area contributed by atoms with E-state index in [2.05, 4.69) is 26.6 Å². The van der Waals surface area contributed by atoms with Gasteiger partial charge in [0.05, 0.1) is 10.3 Å². The molecule has 1 aliphatic heterocycles. The minimum Gasteiger partial charge on any atom is -0.385 e. The third-order valence-corrected chi connectivity index (χ3v) is 4.98. The highest BCUT2D eigenvalue weighted by atomic mass is 79.9. The van der Waals surface area contributed by atoms with Gasteiger partial charge in [-0.1, -0.05) is 0 Å². The van der Waals surface area contributed by atoms with E-state index in [4.69, 9.17) is 0 Å². The molecule has 3 rings (SSSR count). The molecule has 1 amide bonds. The van der Waals surface area contributed by atoms with Gasteiger partial charge in [-0.2, -0.15) is 0 Å². The molecule has 20 heavy (non-hydrogen) atoms. The predicted octanol–water partition coefficient (Wildman–Crippen LogP) is 3.80. The van der Waals surface area contributed by atoms with Gasteiger partial charge in [0.1, 0.15) is 0 Å². The molecule has 0 aliphatic carbocycles. The number of benzene rings is 1. The van der Waals surface area contributed by atoms with E-state index in [-0.39, 0.29) is 5.91 Å². The van der Waals surface area contributed by atoms with Crippen LogP contribution in [0.15, 0.2) is 34.1 Å². The van der Waals surface area contributed by atoms with Crippen molar-refractivity contribution in [1.82, 2.24) is 5.32 Å². The summed E-state index contributed by atoms with van der Waals surface area (Å²) in [5.41, 5.74) is 3.14. The fraction of sp³-hybridized carbons (Fsp3) is 0.267. The first-order chi connectivity index (χ1) is 9.72. The fourth-order valence-electron chi connectivity index (χ4n) is 2.33. The van der Waals surface area contributed by atoms with E-state index in [0.29, 0.717) is 6.54 Å². The van der Waals surface area contributed by atoms with Gasteiger partial charge in [0, 0.05) is 22.7 Å². The normalized spacial score (nSPS) is 13.4. The molecule has 1 aliphatic rings. The maximum absolute atomic E-state index is 12.2. The lowest BCUT2D eigenvalue weighted by molar-refractivity contribution is 0.0951. The number of amides is 1. The quantitative estimate of drug-likeness (QED) is 0.883. The van der Waals surface area contributed by atoms with E-state index in [9.17, 15) is 4.79 Å². The Balaban J connectivity index is 1.67. The second kappa shape index (κ2) is 5.97. The highest BCUT2D eigenvalue weighted by molar-refractivity contribution is 9.11. The van der Waals surface area contributed by atoms with E-state index in [1.54, 1.807) is 11.3 Å². The van der Waals surface area contributed by atoms with Crippen LogP contribution in [0.2, 0.25) is 0 Å². The van der Waals surface area contributed by atoms with Crippen molar-refractivity contribution in [3.63, 3.8) is 0 Å². The average molecular weight is 351 g/mol. The molecule has 5 heteroatoms. The Hall–Kier alpha value is -1.33. The maximum atomic E-state index is 12.2. The Bertz CT molecular complexity index is 639. The second-order valence-electron chi connectivity index (χ2n) is 4.79. The topological polar surface area (TPSA) is 41.1 Å². The van der Waals surface area contributed by atoms with Gasteiger partial charge in [-0.3, -0.25) is 4.79 Å². The lowest BCUT2D eigenvalue weighted by Crippen LogP contribution is -2.23. The summed E-state index contributed by atoms with van der Waals surface area (Å²) in [4.78, 5) is 13.3. The largest absolute Gasteiger partial charge is 0.385 e. The van der Waals surface area contributed by atoms with Crippen LogP contribution in [-0.2, 0) is 13.0 Å². The first-order valence-electron chi connectivity index (χ1n) is 6.61. The van der Waals surface area contributed by atoms with Crippen LogP contribution in [0.4, 0.5) is 5.69 Å². The summed E-state index contributed by atoms with van der Waals surface area (Å²) < 4.78 is 1.08. The van der Waals surface area contributed by atoms with Crippen molar-refractivity contribution in [3.05, 3.63) is 50.1 Å². The van der Waals surface area contributed by atoms with Crippen molar-refractivity contribution in [1.29, 1.82) is 0 Å². The molecule has 0 fully saturated rings. The van der Waals surface area contributed by atoms with Gasteiger partial charge < -0.3 is 10.6 Å². The number of fused-ring (bicyclic) bond motifs is 1. The van der Waals surface area contributed by atoms with Crippen LogP contribution >= 0.6 is 27.3 Å². The molecule has 0 bridgehead atoms. The molecule has 0 saturated carbocycles. The third kappa shape index (κ3) is 3.04. The van der Waals surface area contributed by atoms with Crippen molar-refractivity contribution in [3.8, 4) is 0 Å². The van der Waals surface area contributed by atoms with Crippen molar-refractivity contribution >= 4 is 38.9 Å². The Labute approximate surface area is 130 Å². The molecule has 0 radical (unpaired) electrons. The third-order valence-electron chi connectivity index (χ3n) is 3.36. The number of hydrogen-bond donors (Lipinski definition) is 2. The number of aryl methyl sites for hydroxylation is 1. The fourth-order valence-corrected chi connectivity index (χ4v) is 3.76. The minimum absolute atomic E-state index is 0.0112. The van der Waals surface area contributed by atoms with Gasteiger partial charge in [0.2, 0.25) is 0 Å². The molecule has 0 atom stereocenters. The van der Waals surface area contributed by atoms with Crippen LogP contribution in [0.3, 0.4) is 0 Å². The Morgan fingerprint density at radius 3 is 3.05 bits per heavy atom. The van der Waals surface area contributed by atoms with Crippen LogP contribution in [0.1, 0.15) is 27.2 Å². The highest BCUT2D eigenvalue weighted by Gasteiger charge is 2.12. The highest BCUT2D eigenvalue weighted by Crippen LogP contribution is 2.24. The van der Waals surface area contributed by atoms with Crippen LogP contribution in [0, 0.1) is 0 Å². The zero-order valence-electron chi connectivity index (χ0n) is 10.9. The van der Waals surface area contributed by atoms with Crippen molar-refractivity contribution in [2.45, 2.75) is 19.4 Å². The van der Waals surface area contributed by atoms with Gasteiger partial charge in [0.25, 0.3) is 5.91 Å². The monoisotopic (exact) mass is 350 g/mol. The Kier molecular flexibility index (Phi) is 4.08. The molecule has 1 aromatic heterocycles. The number of rotatable bonds is 3. The maximum Gasteiger partial charge on any atom is 0.251 e. The van der Waals surface area contributed by atoms with Crippen LogP contribution in [0.5, 0.6) is 0 Å². The van der Waals surface area contributed by atoms with E-state index in [1.165, 1.54) is 5.56 Å². The zero-order valence-corrected chi connectivity index (χ0v) is 13.3. The van der Waals surface area contributed by atoms with E-state index < -0.39 is 0 Å². The lowest BCUT2D eigenvalue weighted by Gasteiger charge is -2.18. The summed E-state index contributed by atoms with van der Waals surface area (Å²) >= 11 is 5.06. The first-order valence-corrected chi connectivity index (χ1v) is 8.22. The number of anilines is 1. The summed E-state index contributed by atoms with van der Waals surface area (Å²) in [5.74, 6) is -0.0112. The lowest BCUT2D eigenvalue weighted by atomic mass is 10.0. The summed E-state index contributed by atoms with van der Waals surface area (Å²) in [5, 5.41) is 6.32. The standard InChI is InChI=1S/C15H15BrN2OS/c16-14-6-4-12(20-14)9-18-15(19)11-3-5-13-10(8-11)2-1-7-17-13/h3-6,8,17H,1-2,7,9H2,(H,18,19). The van der Waals surface area contributed by atoms with Gasteiger partial charge in [-0.15, -0.1) is 11.3 Å². The van der Waals surface area contributed by atoms with Crippen molar-refractivity contribution < 1.29 is 4.79 Å². The molecule has 2 aromatic rings. The van der Waals surface area contributed by atoms with Gasteiger partial charge in [-0.25, -0.2) is 0 Å².